The Bertz CT molecular complexity index is 726. The van der Waals surface area contributed by atoms with Crippen LogP contribution in [0, 0.1) is 0 Å². The summed E-state index contributed by atoms with van der Waals surface area (Å²) >= 11 is 6.15. The van der Waals surface area contributed by atoms with Gasteiger partial charge in [0, 0.05) is 17.3 Å². The Labute approximate surface area is 135 Å². The van der Waals surface area contributed by atoms with Gasteiger partial charge in [-0.25, -0.2) is 0 Å². The lowest BCUT2D eigenvalue weighted by Gasteiger charge is -2.09. The first-order chi connectivity index (χ1) is 10.8. The molecule has 0 fully saturated rings. The molecular formula is C19H16ClNO. The summed E-state index contributed by atoms with van der Waals surface area (Å²) in [5.41, 5.74) is 2.11. The van der Waals surface area contributed by atoms with Crippen LogP contribution in [0.3, 0.4) is 0 Å². The molecule has 2 nitrogen and oxygen atoms in total. The van der Waals surface area contributed by atoms with E-state index in [1.54, 1.807) is 0 Å². The molecule has 0 atom stereocenters. The summed E-state index contributed by atoms with van der Waals surface area (Å²) in [5, 5.41) is 4.13. The van der Waals surface area contributed by atoms with Crippen LogP contribution in [-0.4, -0.2) is 0 Å². The van der Waals surface area contributed by atoms with Crippen LogP contribution in [0.1, 0.15) is 5.56 Å². The Balaban J connectivity index is 1.61. The molecule has 0 saturated carbocycles. The molecule has 0 spiro atoms. The monoisotopic (exact) mass is 309 g/mol. The lowest BCUT2D eigenvalue weighted by Crippen LogP contribution is -1.99. The molecule has 22 heavy (non-hydrogen) atoms. The SMILES string of the molecule is Clc1ccccc1CNc1ccc(Oc2ccccc2)cc1. The average molecular weight is 310 g/mol. The maximum absolute atomic E-state index is 6.15. The molecule has 1 N–H and O–H groups in total. The van der Waals surface area contributed by atoms with E-state index in [9.17, 15) is 0 Å². The fourth-order valence-corrected chi connectivity index (χ4v) is 2.31. The van der Waals surface area contributed by atoms with E-state index < -0.39 is 0 Å². The molecule has 0 radical (unpaired) electrons. The van der Waals surface area contributed by atoms with Crippen molar-refractivity contribution in [2.45, 2.75) is 6.54 Å². The average Bonchev–Trinajstić information content (AvgIpc) is 2.56. The van der Waals surface area contributed by atoms with Crippen molar-refractivity contribution in [2.75, 3.05) is 5.32 Å². The minimum atomic E-state index is 0.693. The van der Waals surface area contributed by atoms with Gasteiger partial charge in [0.25, 0.3) is 0 Å². The van der Waals surface area contributed by atoms with Crippen molar-refractivity contribution in [1.29, 1.82) is 0 Å². The van der Waals surface area contributed by atoms with Gasteiger partial charge in [-0.15, -0.1) is 0 Å². The van der Waals surface area contributed by atoms with Gasteiger partial charge in [-0.1, -0.05) is 48.0 Å². The number of rotatable bonds is 5. The molecular weight excluding hydrogens is 294 g/mol. The van der Waals surface area contributed by atoms with Crippen LogP contribution in [0.4, 0.5) is 5.69 Å². The molecule has 3 aromatic carbocycles. The number of hydrogen-bond acceptors (Lipinski definition) is 2. The Morgan fingerprint density at radius 1 is 0.727 bits per heavy atom. The van der Waals surface area contributed by atoms with Crippen LogP contribution in [0.15, 0.2) is 78.9 Å². The minimum Gasteiger partial charge on any atom is -0.457 e. The number of halogens is 1. The summed E-state index contributed by atoms with van der Waals surface area (Å²) in [7, 11) is 0. The highest BCUT2D eigenvalue weighted by Gasteiger charge is 2.00. The standard InChI is InChI=1S/C19H16ClNO/c20-19-9-5-4-6-15(19)14-21-16-10-12-18(13-11-16)22-17-7-2-1-3-8-17/h1-13,21H,14H2. The highest BCUT2D eigenvalue weighted by Crippen LogP contribution is 2.23. The van der Waals surface area contributed by atoms with E-state index in [4.69, 9.17) is 16.3 Å². The predicted octanol–water partition coefficient (Wildman–Crippen LogP) is 5.74. The summed E-state index contributed by atoms with van der Waals surface area (Å²) in [6.45, 7) is 0.693. The first kappa shape index (κ1) is 14.5. The summed E-state index contributed by atoms with van der Waals surface area (Å²) in [6.07, 6.45) is 0. The van der Waals surface area contributed by atoms with Crippen molar-refractivity contribution >= 4 is 17.3 Å². The van der Waals surface area contributed by atoms with Gasteiger partial charge in [0.05, 0.1) is 0 Å². The second kappa shape index (κ2) is 7.01. The van der Waals surface area contributed by atoms with Crippen LogP contribution in [0.25, 0.3) is 0 Å². The zero-order valence-corrected chi connectivity index (χ0v) is 12.8. The molecule has 0 amide bonds. The molecule has 110 valence electrons. The molecule has 0 saturated heterocycles. The zero-order valence-electron chi connectivity index (χ0n) is 12.0. The largest absolute Gasteiger partial charge is 0.457 e. The van der Waals surface area contributed by atoms with Gasteiger partial charge in [0.2, 0.25) is 0 Å². The van der Waals surface area contributed by atoms with Crippen molar-refractivity contribution in [3.8, 4) is 11.5 Å². The van der Waals surface area contributed by atoms with Gasteiger partial charge in [-0.2, -0.15) is 0 Å². The Kier molecular flexibility index (Phi) is 4.62. The van der Waals surface area contributed by atoms with E-state index in [1.807, 2.05) is 78.9 Å². The Hall–Kier alpha value is -2.45. The predicted molar refractivity (Wildman–Crippen MR) is 91.7 cm³/mol. The normalized spacial score (nSPS) is 10.2. The number of anilines is 1. The van der Waals surface area contributed by atoms with Crippen molar-refractivity contribution in [3.63, 3.8) is 0 Å². The van der Waals surface area contributed by atoms with E-state index in [0.717, 1.165) is 27.8 Å². The van der Waals surface area contributed by atoms with E-state index in [0.29, 0.717) is 6.54 Å². The topological polar surface area (TPSA) is 21.3 Å². The molecule has 0 heterocycles. The summed E-state index contributed by atoms with van der Waals surface area (Å²) in [5.74, 6) is 1.65. The van der Waals surface area contributed by atoms with E-state index >= 15 is 0 Å². The lowest BCUT2D eigenvalue weighted by atomic mass is 10.2. The molecule has 0 unspecified atom stereocenters. The van der Waals surface area contributed by atoms with Crippen LogP contribution in [-0.2, 0) is 6.54 Å². The quantitative estimate of drug-likeness (QED) is 0.648. The molecule has 3 aromatic rings. The Morgan fingerprint density at radius 2 is 1.36 bits per heavy atom. The van der Waals surface area contributed by atoms with Gasteiger partial charge < -0.3 is 10.1 Å². The van der Waals surface area contributed by atoms with Crippen molar-refractivity contribution < 1.29 is 4.74 Å². The summed E-state index contributed by atoms with van der Waals surface area (Å²) < 4.78 is 5.77. The maximum atomic E-state index is 6.15. The van der Waals surface area contributed by atoms with Gasteiger partial charge in [-0.05, 0) is 48.0 Å². The third kappa shape index (κ3) is 3.80. The van der Waals surface area contributed by atoms with Gasteiger partial charge in [-0.3, -0.25) is 0 Å². The van der Waals surface area contributed by atoms with E-state index in [1.165, 1.54) is 0 Å². The Morgan fingerprint density at radius 3 is 2.09 bits per heavy atom. The van der Waals surface area contributed by atoms with Gasteiger partial charge in [0.15, 0.2) is 0 Å². The highest BCUT2D eigenvalue weighted by molar-refractivity contribution is 6.31. The van der Waals surface area contributed by atoms with Gasteiger partial charge >= 0.3 is 0 Å². The van der Waals surface area contributed by atoms with E-state index in [2.05, 4.69) is 5.32 Å². The van der Waals surface area contributed by atoms with Crippen LogP contribution >= 0.6 is 11.6 Å². The molecule has 3 heteroatoms. The van der Waals surface area contributed by atoms with Crippen LogP contribution in [0.5, 0.6) is 11.5 Å². The lowest BCUT2D eigenvalue weighted by molar-refractivity contribution is 0.483. The van der Waals surface area contributed by atoms with Crippen molar-refractivity contribution in [2.24, 2.45) is 0 Å². The second-order valence-electron chi connectivity index (χ2n) is 4.88. The number of nitrogens with one attached hydrogen (secondary N) is 1. The van der Waals surface area contributed by atoms with Crippen LogP contribution < -0.4 is 10.1 Å². The van der Waals surface area contributed by atoms with E-state index in [-0.39, 0.29) is 0 Å². The van der Waals surface area contributed by atoms with Crippen LogP contribution in [0.2, 0.25) is 5.02 Å². The fourth-order valence-electron chi connectivity index (χ4n) is 2.10. The zero-order chi connectivity index (χ0) is 15.2. The summed E-state index contributed by atoms with van der Waals surface area (Å²) in [4.78, 5) is 0. The smallest absolute Gasteiger partial charge is 0.127 e. The molecule has 0 aliphatic carbocycles. The first-order valence-electron chi connectivity index (χ1n) is 7.11. The van der Waals surface area contributed by atoms with Gasteiger partial charge in [0.1, 0.15) is 11.5 Å². The second-order valence-corrected chi connectivity index (χ2v) is 5.29. The fraction of sp³-hybridized carbons (Fsp3) is 0.0526. The molecule has 3 rings (SSSR count). The molecule has 0 aromatic heterocycles. The number of para-hydroxylation sites is 1. The first-order valence-corrected chi connectivity index (χ1v) is 7.49. The summed E-state index contributed by atoms with van der Waals surface area (Å²) in [6, 6.07) is 25.5. The van der Waals surface area contributed by atoms with Crippen molar-refractivity contribution in [3.05, 3.63) is 89.4 Å². The van der Waals surface area contributed by atoms with Crippen molar-refractivity contribution in [1.82, 2.24) is 0 Å². The number of ether oxygens (including phenoxy) is 1. The molecule has 0 bridgehead atoms. The maximum Gasteiger partial charge on any atom is 0.127 e. The number of benzene rings is 3. The minimum absolute atomic E-state index is 0.693. The number of hydrogen-bond donors (Lipinski definition) is 1. The molecule has 0 aliphatic rings. The third-order valence-corrected chi connectivity index (χ3v) is 3.64. The molecule has 0 aliphatic heterocycles. The third-order valence-electron chi connectivity index (χ3n) is 3.27. The highest BCUT2D eigenvalue weighted by atomic mass is 35.5.